The Labute approximate surface area is 106 Å². The molecule has 0 fully saturated rings. The van der Waals surface area contributed by atoms with Crippen molar-refractivity contribution < 1.29 is 4.74 Å². The first kappa shape index (κ1) is 9.89. The largest absolute Gasteiger partial charge is 0.476 e. The molecule has 0 spiro atoms. The molecule has 0 unspecified atom stereocenters. The van der Waals surface area contributed by atoms with Crippen LogP contribution in [0.15, 0.2) is 47.5 Å². The Bertz CT molecular complexity index is 658. The molecular formula is C16H13NO. The van der Waals surface area contributed by atoms with Crippen LogP contribution in [0, 0.1) is 0 Å². The van der Waals surface area contributed by atoms with E-state index in [0.717, 1.165) is 18.9 Å². The van der Waals surface area contributed by atoms with Gasteiger partial charge in [0.1, 0.15) is 6.61 Å². The van der Waals surface area contributed by atoms with Gasteiger partial charge in [-0.05, 0) is 34.7 Å². The quantitative estimate of drug-likeness (QED) is 0.635. The highest BCUT2D eigenvalue weighted by molar-refractivity contribution is 5.99. The second-order valence-corrected chi connectivity index (χ2v) is 4.70. The molecule has 2 nitrogen and oxygen atoms in total. The van der Waals surface area contributed by atoms with E-state index in [4.69, 9.17) is 4.74 Å². The minimum Gasteiger partial charge on any atom is -0.476 e. The van der Waals surface area contributed by atoms with Crippen molar-refractivity contribution in [3.8, 4) is 11.1 Å². The van der Waals surface area contributed by atoms with Crippen molar-refractivity contribution in [3.63, 3.8) is 0 Å². The number of benzene rings is 2. The van der Waals surface area contributed by atoms with Gasteiger partial charge in [0.2, 0.25) is 5.90 Å². The minimum absolute atomic E-state index is 0.714. The number of ether oxygens (including phenoxy) is 1. The monoisotopic (exact) mass is 235 g/mol. The molecule has 0 saturated carbocycles. The zero-order valence-corrected chi connectivity index (χ0v) is 10.0. The van der Waals surface area contributed by atoms with E-state index in [1.54, 1.807) is 0 Å². The zero-order chi connectivity index (χ0) is 11.9. The molecule has 2 heteroatoms. The Morgan fingerprint density at radius 3 is 2.61 bits per heavy atom. The maximum absolute atomic E-state index is 5.61. The summed E-state index contributed by atoms with van der Waals surface area (Å²) >= 11 is 0. The number of nitrogens with zero attached hydrogens (tertiary/aromatic N) is 1. The molecule has 1 heterocycles. The fraction of sp³-hybridized carbons (Fsp3) is 0.188. The molecule has 0 saturated heterocycles. The smallest absolute Gasteiger partial charge is 0.216 e. The summed E-state index contributed by atoms with van der Waals surface area (Å²) in [6.07, 6.45) is 0.990. The molecule has 0 N–H and O–H groups in total. The summed E-state index contributed by atoms with van der Waals surface area (Å²) in [6, 6.07) is 15.0. The van der Waals surface area contributed by atoms with Crippen molar-refractivity contribution in [2.24, 2.45) is 4.99 Å². The lowest BCUT2D eigenvalue weighted by atomic mass is 10.0. The molecule has 2 aliphatic rings. The van der Waals surface area contributed by atoms with E-state index in [9.17, 15) is 0 Å². The first-order valence-electron chi connectivity index (χ1n) is 6.31. The molecule has 0 bridgehead atoms. The number of hydrogen-bond donors (Lipinski definition) is 0. The maximum Gasteiger partial charge on any atom is 0.216 e. The number of hydrogen-bond acceptors (Lipinski definition) is 2. The van der Waals surface area contributed by atoms with Gasteiger partial charge in [0, 0.05) is 5.56 Å². The van der Waals surface area contributed by atoms with E-state index in [2.05, 4.69) is 47.5 Å². The first-order valence-corrected chi connectivity index (χ1v) is 6.31. The zero-order valence-electron chi connectivity index (χ0n) is 10.0. The second-order valence-electron chi connectivity index (χ2n) is 4.70. The summed E-state index contributed by atoms with van der Waals surface area (Å²) in [4.78, 5) is 4.44. The third-order valence-corrected chi connectivity index (χ3v) is 3.67. The summed E-state index contributed by atoms with van der Waals surface area (Å²) in [6.45, 7) is 1.50. The average Bonchev–Trinajstić information content (AvgIpc) is 3.05. The van der Waals surface area contributed by atoms with Crippen LogP contribution in [0.25, 0.3) is 11.1 Å². The van der Waals surface area contributed by atoms with E-state index < -0.39 is 0 Å². The molecule has 1 aliphatic heterocycles. The lowest BCUT2D eigenvalue weighted by molar-refractivity contribution is 0.348. The summed E-state index contributed by atoms with van der Waals surface area (Å²) in [5.74, 6) is 0.819. The van der Waals surface area contributed by atoms with Crippen LogP contribution in [0.4, 0.5) is 0 Å². The fourth-order valence-electron chi connectivity index (χ4n) is 2.86. The van der Waals surface area contributed by atoms with Crippen LogP contribution in [-0.4, -0.2) is 19.0 Å². The van der Waals surface area contributed by atoms with Crippen molar-refractivity contribution in [1.82, 2.24) is 0 Å². The van der Waals surface area contributed by atoms with E-state index >= 15 is 0 Å². The predicted molar refractivity (Wildman–Crippen MR) is 72.0 cm³/mol. The van der Waals surface area contributed by atoms with E-state index in [1.807, 2.05) is 0 Å². The topological polar surface area (TPSA) is 21.6 Å². The molecule has 2 aromatic rings. The number of rotatable bonds is 1. The van der Waals surface area contributed by atoms with Gasteiger partial charge in [-0.3, -0.25) is 0 Å². The molecule has 0 amide bonds. The molecule has 1 aliphatic carbocycles. The average molecular weight is 235 g/mol. The Kier molecular flexibility index (Phi) is 2.04. The van der Waals surface area contributed by atoms with Crippen LogP contribution in [0.1, 0.15) is 16.7 Å². The first-order chi connectivity index (χ1) is 8.93. The van der Waals surface area contributed by atoms with Crippen molar-refractivity contribution >= 4 is 5.90 Å². The van der Waals surface area contributed by atoms with Gasteiger partial charge in [-0.15, -0.1) is 0 Å². The molecule has 2 aromatic carbocycles. The van der Waals surface area contributed by atoms with Crippen molar-refractivity contribution in [1.29, 1.82) is 0 Å². The Morgan fingerprint density at radius 2 is 1.72 bits per heavy atom. The molecular weight excluding hydrogens is 222 g/mol. The Hall–Kier alpha value is -2.09. The number of aliphatic imine (C=N–C) groups is 1. The van der Waals surface area contributed by atoms with Gasteiger partial charge in [-0.2, -0.15) is 0 Å². The normalized spacial score (nSPS) is 15.9. The van der Waals surface area contributed by atoms with Gasteiger partial charge >= 0.3 is 0 Å². The van der Waals surface area contributed by atoms with Gasteiger partial charge in [0.25, 0.3) is 0 Å². The molecule has 0 aromatic heterocycles. The predicted octanol–water partition coefficient (Wildman–Crippen LogP) is 3.03. The lowest BCUT2D eigenvalue weighted by Crippen LogP contribution is -2.04. The molecule has 4 rings (SSSR count). The standard InChI is InChI=1S/C16H13NO/c1-2-5-12-11(4-1)10-15-13(12)6-3-7-14(15)16-17-8-9-18-16/h1-7H,8-10H2. The van der Waals surface area contributed by atoms with Crippen LogP contribution in [0.2, 0.25) is 0 Å². The van der Waals surface area contributed by atoms with Crippen molar-refractivity contribution in [2.45, 2.75) is 6.42 Å². The molecule has 88 valence electrons. The van der Waals surface area contributed by atoms with Crippen LogP contribution in [0.5, 0.6) is 0 Å². The van der Waals surface area contributed by atoms with Crippen LogP contribution in [0.3, 0.4) is 0 Å². The van der Waals surface area contributed by atoms with Gasteiger partial charge in [0.05, 0.1) is 6.54 Å². The highest BCUT2D eigenvalue weighted by atomic mass is 16.5. The second kappa shape index (κ2) is 3.70. The third-order valence-electron chi connectivity index (χ3n) is 3.67. The van der Waals surface area contributed by atoms with Crippen molar-refractivity contribution in [2.75, 3.05) is 13.2 Å². The highest BCUT2D eigenvalue weighted by Gasteiger charge is 2.23. The Balaban J connectivity index is 1.91. The third kappa shape index (κ3) is 1.32. The van der Waals surface area contributed by atoms with Gasteiger partial charge in [-0.1, -0.05) is 36.4 Å². The van der Waals surface area contributed by atoms with Gasteiger partial charge in [-0.25, -0.2) is 4.99 Å². The van der Waals surface area contributed by atoms with E-state index in [1.165, 1.54) is 27.8 Å². The Morgan fingerprint density at radius 1 is 0.889 bits per heavy atom. The fourth-order valence-corrected chi connectivity index (χ4v) is 2.86. The van der Waals surface area contributed by atoms with Crippen LogP contribution in [-0.2, 0) is 11.2 Å². The lowest BCUT2D eigenvalue weighted by Gasteiger charge is -2.08. The number of fused-ring (bicyclic) bond motifs is 3. The van der Waals surface area contributed by atoms with E-state index in [0.29, 0.717) is 6.61 Å². The molecule has 18 heavy (non-hydrogen) atoms. The summed E-state index contributed by atoms with van der Waals surface area (Å²) in [7, 11) is 0. The maximum atomic E-state index is 5.61. The van der Waals surface area contributed by atoms with Gasteiger partial charge in [0.15, 0.2) is 0 Å². The summed E-state index contributed by atoms with van der Waals surface area (Å²) in [5, 5.41) is 0. The highest BCUT2D eigenvalue weighted by Crippen LogP contribution is 2.38. The molecule has 0 atom stereocenters. The van der Waals surface area contributed by atoms with Crippen LogP contribution >= 0.6 is 0 Å². The van der Waals surface area contributed by atoms with E-state index in [-0.39, 0.29) is 0 Å². The van der Waals surface area contributed by atoms with Crippen molar-refractivity contribution in [3.05, 3.63) is 59.2 Å². The summed E-state index contributed by atoms with van der Waals surface area (Å²) < 4.78 is 5.61. The van der Waals surface area contributed by atoms with Gasteiger partial charge < -0.3 is 4.74 Å². The SMILES string of the molecule is c1ccc2c(c1)Cc1c(C3=NCCO3)cccc1-2. The molecule has 0 radical (unpaired) electrons. The minimum atomic E-state index is 0.714. The summed E-state index contributed by atoms with van der Waals surface area (Å²) in [5.41, 5.74) is 6.62. The van der Waals surface area contributed by atoms with Crippen LogP contribution < -0.4 is 0 Å².